The van der Waals surface area contributed by atoms with E-state index in [-0.39, 0.29) is 24.4 Å². The fourth-order valence-corrected chi connectivity index (χ4v) is 4.22. The highest BCUT2D eigenvalue weighted by molar-refractivity contribution is 5.99. The van der Waals surface area contributed by atoms with E-state index in [1.54, 1.807) is 6.07 Å². The third-order valence-electron chi connectivity index (χ3n) is 6.11. The summed E-state index contributed by atoms with van der Waals surface area (Å²) >= 11 is 0. The smallest absolute Gasteiger partial charge is 0.258 e. The average molecular weight is 493 g/mol. The monoisotopic (exact) mass is 492 g/mol. The van der Waals surface area contributed by atoms with Crippen LogP contribution in [0.3, 0.4) is 0 Å². The van der Waals surface area contributed by atoms with Gasteiger partial charge in [0.05, 0.1) is 39.6 Å². The molecule has 2 aromatic carbocycles. The molecule has 1 amide bonds. The molecule has 0 radical (unpaired) electrons. The van der Waals surface area contributed by atoms with Crippen molar-refractivity contribution in [3.05, 3.63) is 41.5 Å². The van der Waals surface area contributed by atoms with Gasteiger partial charge < -0.3 is 34.3 Å². The summed E-state index contributed by atoms with van der Waals surface area (Å²) in [6.45, 7) is 2.21. The summed E-state index contributed by atoms with van der Waals surface area (Å²) in [5.41, 5.74) is 7.12. The molecule has 1 aliphatic heterocycles. The normalized spacial score (nSPS) is 17.5. The SMILES string of the molecule is COc1c(Oc2ccc(CCN)cc2)cc(C(=O)N2CCOC(C3CC3)C2)c(OC)c1OC.Cl. The summed E-state index contributed by atoms with van der Waals surface area (Å²) in [6, 6.07) is 9.33. The molecule has 1 heterocycles. The Morgan fingerprint density at radius 3 is 2.32 bits per heavy atom. The minimum absolute atomic E-state index is 0. The van der Waals surface area contributed by atoms with Crippen molar-refractivity contribution in [2.45, 2.75) is 25.4 Å². The van der Waals surface area contributed by atoms with Crippen LogP contribution in [-0.2, 0) is 11.2 Å². The van der Waals surface area contributed by atoms with Gasteiger partial charge in [0.1, 0.15) is 5.75 Å². The van der Waals surface area contributed by atoms with Crippen LogP contribution < -0.4 is 24.7 Å². The summed E-state index contributed by atoms with van der Waals surface area (Å²) in [5, 5.41) is 0. The molecule has 2 aromatic rings. The predicted octanol–water partition coefficient (Wildman–Crippen LogP) is 3.68. The van der Waals surface area contributed by atoms with E-state index in [1.165, 1.54) is 21.3 Å². The van der Waals surface area contributed by atoms with Gasteiger partial charge in [-0.2, -0.15) is 0 Å². The largest absolute Gasteiger partial charge is 0.492 e. The van der Waals surface area contributed by atoms with Crippen molar-refractivity contribution in [3.8, 4) is 28.7 Å². The second-order valence-electron chi connectivity index (χ2n) is 8.30. The molecule has 1 saturated heterocycles. The molecule has 0 spiro atoms. The molecule has 2 N–H and O–H groups in total. The molecular formula is C25H33ClN2O6. The fourth-order valence-electron chi connectivity index (χ4n) is 4.22. The molecule has 0 aromatic heterocycles. The number of rotatable bonds is 9. The van der Waals surface area contributed by atoms with Crippen LogP contribution in [-0.4, -0.2) is 64.5 Å². The van der Waals surface area contributed by atoms with Gasteiger partial charge in [0, 0.05) is 19.2 Å². The van der Waals surface area contributed by atoms with E-state index in [0.29, 0.717) is 66.5 Å². The second-order valence-corrected chi connectivity index (χ2v) is 8.30. The average Bonchev–Trinajstić information content (AvgIpc) is 3.70. The van der Waals surface area contributed by atoms with E-state index in [1.807, 2.05) is 29.2 Å². The Morgan fingerprint density at radius 2 is 1.74 bits per heavy atom. The van der Waals surface area contributed by atoms with Crippen LogP contribution in [0.5, 0.6) is 28.7 Å². The molecule has 0 bridgehead atoms. The lowest BCUT2D eigenvalue weighted by Gasteiger charge is -2.33. The number of methoxy groups -OCH3 is 3. The van der Waals surface area contributed by atoms with Crippen molar-refractivity contribution < 1.29 is 28.5 Å². The Kier molecular flexibility index (Phi) is 8.88. The highest BCUT2D eigenvalue weighted by atomic mass is 35.5. The molecule has 1 atom stereocenters. The minimum atomic E-state index is -0.148. The Balaban J connectivity index is 0.00000324. The number of halogens is 1. The number of hydrogen-bond acceptors (Lipinski definition) is 7. The number of carbonyl (C=O) groups is 1. The lowest BCUT2D eigenvalue weighted by Crippen LogP contribution is -2.46. The lowest BCUT2D eigenvalue weighted by atomic mass is 10.1. The first-order valence-electron chi connectivity index (χ1n) is 11.3. The molecule has 8 nitrogen and oxygen atoms in total. The van der Waals surface area contributed by atoms with Crippen molar-refractivity contribution in [1.82, 2.24) is 4.90 Å². The quantitative estimate of drug-likeness (QED) is 0.570. The zero-order valence-electron chi connectivity index (χ0n) is 19.9. The third kappa shape index (κ3) is 5.51. The van der Waals surface area contributed by atoms with Crippen LogP contribution in [0.1, 0.15) is 28.8 Å². The molecule has 186 valence electrons. The highest BCUT2D eigenvalue weighted by Gasteiger charge is 2.38. The standard InChI is InChI=1S/C25H32N2O6.ClH/c1-29-22-19(25(28)27-12-13-32-21(15-27)17-6-7-17)14-20(23(30-2)24(22)31-3)33-18-8-4-16(5-9-18)10-11-26;/h4-5,8-9,14,17,21H,6-7,10-13,15,26H2,1-3H3;1H. The van der Waals surface area contributed by atoms with Gasteiger partial charge >= 0.3 is 0 Å². The van der Waals surface area contributed by atoms with E-state index in [4.69, 9.17) is 29.4 Å². The van der Waals surface area contributed by atoms with Gasteiger partial charge in [0.25, 0.3) is 5.91 Å². The number of carbonyl (C=O) groups excluding carboxylic acids is 1. The Bertz CT molecular complexity index is 980. The lowest BCUT2D eigenvalue weighted by molar-refractivity contribution is -0.0314. The van der Waals surface area contributed by atoms with Gasteiger partial charge in [0.15, 0.2) is 11.5 Å². The summed E-state index contributed by atoms with van der Waals surface area (Å²) < 4.78 is 28.8. The van der Waals surface area contributed by atoms with E-state index >= 15 is 0 Å². The van der Waals surface area contributed by atoms with Crippen molar-refractivity contribution in [3.63, 3.8) is 0 Å². The Labute approximate surface area is 206 Å². The van der Waals surface area contributed by atoms with Gasteiger partial charge in [-0.05, 0) is 49.4 Å². The van der Waals surface area contributed by atoms with Crippen LogP contribution in [0.15, 0.2) is 30.3 Å². The molecule has 2 aliphatic rings. The molecule has 1 aliphatic carbocycles. The molecule has 2 fully saturated rings. The Morgan fingerprint density at radius 1 is 1.06 bits per heavy atom. The maximum Gasteiger partial charge on any atom is 0.258 e. The minimum Gasteiger partial charge on any atom is -0.492 e. The van der Waals surface area contributed by atoms with Gasteiger partial charge in [-0.1, -0.05) is 12.1 Å². The van der Waals surface area contributed by atoms with Crippen LogP contribution in [0.2, 0.25) is 0 Å². The second kappa shape index (κ2) is 11.6. The van der Waals surface area contributed by atoms with Gasteiger partial charge in [-0.25, -0.2) is 0 Å². The first-order valence-corrected chi connectivity index (χ1v) is 11.3. The first-order chi connectivity index (χ1) is 16.1. The van der Waals surface area contributed by atoms with Crippen molar-refractivity contribution in [1.29, 1.82) is 0 Å². The number of hydrogen-bond donors (Lipinski definition) is 1. The van der Waals surface area contributed by atoms with Crippen LogP contribution >= 0.6 is 12.4 Å². The highest BCUT2D eigenvalue weighted by Crippen LogP contribution is 2.48. The molecular weight excluding hydrogens is 460 g/mol. The van der Waals surface area contributed by atoms with Crippen molar-refractivity contribution in [2.75, 3.05) is 47.6 Å². The number of nitrogens with two attached hydrogens (primary N) is 1. The Hall–Kier alpha value is -2.68. The van der Waals surface area contributed by atoms with Gasteiger partial charge in [0.2, 0.25) is 11.5 Å². The topological polar surface area (TPSA) is 92.5 Å². The molecule has 9 heteroatoms. The van der Waals surface area contributed by atoms with E-state index in [2.05, 4.69) is 0 Å². The summed E-state index contributed by atoms with van der Waals surface area (Å²) in [5.74, 6) is 2.37. The van der Waals surface area contributed by atoms with Gasteiger partial charge in [-0.3, -0.25) is 4.79 Å². The number of morpholine rings is 1. The summed E-state index contributed by atoms with van der Waals surface area (Å²) in [6.07, 6.45) is 3.21. The summed E-state index contributed by atoms with van der Waals surface area (Å²) in [4.78, 5) is 15.4. The van der Waals surface area contributed by atoms with Crippen LogP contribution in [0, 0.1) is 5.92 Å². The van der Waals surface area contributed by atoms with Crippen LogP contribution in [0.25, 0.3) is 0 Å². The first kappa shape index (κ1) is 25.9. The fraction of sp³-hybridized carbons (Fsp3) is 0.480. The van der Waals surface area contributed by atoms with E-state index in [0.717, 1.165) is 24.8 Å². The molecule has 1 unspecified atom stereocenters. The number of ether oxygens (including phenoxy) is 5. The molecule has 34 heavy (non-hydrogen) atoms. The van der Waals surface area contributed by atoms with Crippen molar-refractivity contribution >= 4 is 18.3 Å². The predicted molar refractivity (Wildman–Crippen MR) is 131 cm³/mol. The molecule has 4 rings (SSSR count). The third-order valence-corrected chi connectivity index (χ3v) is 6.11. The number of benzene rings is 2. The molecule has 1 saturated carbocycles. The summed E-state index contributed by atoms with van der Waals surface area (Å²) in [7, 11) is 4.55. The maximum atomic E-state index is 13.6. The number of amides is 1. The van der Waals surface area contributed by atoms with Crippen LogP contribution in [0.4, 0.5) is 0 Å². The van der Waals surface area contributed by atoms with Gasteiger partial charge in [-0.15, -0.1) is 12.4 Å². The van der Waals surface area contributed by atoms with E-state index < -0.39 is 0 Å². The zero-order valence-corrected chi connectivity index (χ0v) is 20.7. The maximum absolute atomic E-state index is 13.6. The number of nitrogens with zero attached hydrogens (tertiary/aromatic N) is 1. The van der Waals surface area contributed by atoms with E-state index in [9.17, 15) is 4.79 Å². The zero-order chi connectivity index (χ0) is 23.4. The van der Waals surface area contributed by atoms with Crippen molar-refractivity contribution in [2.24, 2.45) is 11.7 Å².